The second-order valence-corrected chi connectivity index (χ2v) is 17.6. The Morgan fingerprint density at radius 1 is 0.923 bits per heavy atom. The van der Waals surface area contributed by atoms with Gasteiger partial charge in [0, 0.05) is 93.9 Å². The summed E-state index contributed by atoms with van der Waals surface area (Å²) < 4.78 is 23.7. The van der Waals surface area contributed by atoms with E-state index in [1.54, 1.807) is 44.9 Å². The number of carbonyl (C=O) groups excluding carboxylic acids is 3. The number of phenols is 3. The molecule has 65 heavy (non-hydrogen) atoms. The Bertz CT molecular complexity index is 2390. The van der Waals surface area contributed by atoms with Gasteiger partial charge in [0.2, 0.25) is 0 Å². The Labute approximate surface area is 379 Å². The molecule has 0 unspecified atom stereocenters. The average molecular weight is 899 g/mol. The number of aliphatic hydroxyl groups excluding tert-OH is 2. The highest BCUT2D eigenvalue weighted by Gasteiger charge is 2.50. The molecule has 6 N–H and O–H groups in total. The molecule has 5 bridgehead atoms. The number of phenolic OH excluding ortho intramolecular Hbond substituents is 3. The number of hydrogen-bond donors (Lipinski definition) is 6. The van der Waals surface area contributed by atoms with Crippen molar-refractivity contribution in [3.8, 4) is 23.0 Å². The zero-order valence-corrected chi connectivity index (χ0v) is 38.4. The number of Topliss-reactive ketones (excluding diaryl/α,β-unsaturated/α-hetero) is 1. The molecule has 3 aromatic rings. The van der Waals surface area contributed by atoms with Crippen molar-refractivity contribution >= 4 is 40.3 Å². The highest BCUT2D eigenvalue weighted by atomic mass is 16.7. The minimum Gasteiger partial charge on any atom is -0.507 e. The molecule has 4 heterocycles. The molecular weight excluding hydrogens is 837 g/mol. The normalized spacial score (nSPS) is 30.1. The van der Waals surface area contributed by atoms with E-state index >= 15 is 0 Å². The highest BCUT2D eigenvalue weighted by Crippen LogP contribution is 2.55. The summed E-state index contributed by atoms with van der Waals surface area (Å²) in [7, 11) is 1.44. The summed E-state index contributed by atoms with van der Waals surface area (Å²) in [5, 5.41) is 67.5. The van der Waals surface area contributed by atoms with Gasteiger partial charge in [-0.05, 0) is 25.5 Å². The van der Waals surface area contributed by atoms with Gasteiger partial charge in [0.25, 0.3) is 11.7 Å². The number of piperazine rings is 1. The summed E-state index contributed by atoms with van der Waals surface area (Å²) in [6, 6.07) is 10.1. The first-order valence-electron chi connectivity index (χ1n) is 21.9. The van der Waals surface area contributed by atoms with Gasteiger partial charge in [-0.1, -0.05) is 76.3 Å². The number of carbonyl (C=O) groups is 3. The maximum atomic E-state index is 14.6. The van der Waals surface area contributed by atoms with Gasteiger partial charge in [-0.2, -0.15) is 5.10 Å². The van der Waals surface area contributed by atoms with Gasteiger partial charge >= 0.3 is 11.8 Å². The number of ketones is 1. The van der Waals surface area contributed by atoms with Crippen LogP contribution in [0.1, 0.15) is 75.5 Å². The fourth-order valence-corrected chi connectivity index (χ4v) is 8.86. The summed E-state index contributed by atoms with van der Waals surface area (Å²) in [4.78, 5) is 43.1. The van der Waals surface area contributed by atoms with Crippen LogP contribution in [0.15, 0.2) is 71.6 Å². The van der Waals surface area contributed by atoms with E-state index in [-0.39, 0.29) is 44.5 Å². The number of nitrogens with zero attached hydrogens (tertiary/aromatic N) is 3. The van der Waals surface area contributed by atoms with E-state index in [1.165, 1.54) is 65.0 Å². The lowest BCUT2D eigenvalue weighted by atomic mass is 9.78. The first-order valence-corrected chi connectivity index (χ1v) is 21.9. The quantitative estimate of drug-likeness (QED) is 0.0734. The molecular formula is C49H62N4O12. The number of rotatable bonds is 6. The number of anilines is 1. The molecule has 0 saturated carbocycles. The standard InChI is InChI=1S/C49H62N4O12/c1-26-14-13-15-27(2)48(61)51-39-34(24-50-53-21-19-52(20-22-53)25-33-16-11-10-12-17-33)43(58)36-37(44(39)59)42(57)31(6)46-38(36)47(60)49(8,65-46)63-23-18-35(62-9)28(3)45(64-32(7)54)30(5)41(56)29(4)40(26)55/h10-18,23-24,26,28-30,35,40-41,45,55-59H,19-22,25H2,1-9H3,(H,51,61)/b14-13+,23-18+,27-15-,50-24-/t26-,28+,29+,30+,35-,40-,41+,45+,49-/m0/s1. The third-order valence-corrected chi connectivity index (χ3v) is 13.0. The van der Waals surface area contributed by atoms with Crippen molar-refractivity contribution in [2.24, 2.45) is 28.8 Å². The molecule has 350 valence electrons. The Kier molecular flexibility index (Phi) is 15.0. The van der Waals surface area contributed by atoms with E-state index in [9.17, 15) is 39.9 Å². The van der Waals surface area contributed by atoms with Crippen molar-refractivity contribution in [2.75, 3.05) is 38.6 Å². The number of nitrogens with one attached hydrogen (secondary N) is 1. The molecule has 0 radical (unpaired) electrons. The van der Waals surface area contributed by atoms with Crippen LogP contribution in [0, 0.1) is 30.6 Å². The maximum Gasteiger partial charge on any atom is 0.312 e. The molecule has 4 aliphatic rings. The first-order chi connectivity index (χ1) is 30.8. The van der Waals surface area contributed by atoms with Crippen LogP contribution < -0.4 is 10.1 Å². The van der Waals surface area contributed by atoms with Crippen molar-refractivity contribution < 1.29 is 58.9 Å². The van der Waals surface area contributed by atoms with Crippen LogP contribution >= 0.6 is 0 Å². The third-order valence-electron chi connectivity index (χ3n) is 13.0. The summed E-state index contributed by atoms with van der Waals surface area (Å²) in [5.41, 5.74) is 0.808. The Morgan fingerprint density at radius 2 is 1.60 bits per heavy atom. The molecule has 4 aliphatic heterocycles. The second-order valence-electron chi connectivity index (χ2n) is 17.6. The lowest BCUT2D eigenvalue weighted by molar-refractivity contribution is -0.160. The van der Waals surface area contributed by atoms with E-state index in [2.05, 4.69) is 27.5 Å². The number of methoxy groups -OCH3 is 1. The molecule has 0 aromatic heterocycles. The average Bonchev–Trinajstić information content (AvgIpc) is 3.55. The van der Waals surface area contributed by atoms with Crippen LogP contribution in [0.4, 0.5) is 5.69 Å². The minimum absolute atomic E-state index is 0.0522. The smallest absolute Gasteiger partial charge is 0.312 e. The number of aliphatic hydroxyl groups is 2. The molecule has 3 aromatic carbocycles. The van der Waals surface area contributed by atoms with Crippen molar-refractivity contribution in [2.45, 2.75) is 92.1 Å². The number of ether oxygens (including phenoxy) is 4. The van der Waals surface area contributed by atoms with Crippen molar-refractivity contribution in [3.05, 3.63) is 88.7 Å². The first kappa shape index (κ1) is 48.5. The second kappa shape index (κ2) is 20.1. The molecule has 9 atom stereocenters. The Balaban J connectivity index is 1.46. The Hall–Kier alpha value is -5.94. The van der Waals surface area contributed by atoms with Crippen LogP contribution in [0.5, 0.6) is 23.0 Å². The number of hydrazone groups is 1. The van der Waals surface area contributed by atoms with Gasteiger partial charge in [0.05, 0.1) is 53.0 Å². The summed E-state index contributed by atoms with van der Waals surface area (Å²) in [5.74, 6) is -8.42. The lowest BCUT2D eigenvalue weighted by Crippen LogP contribution is -2.46. The molecule has 1 amide bonds. The number of benzene rings is 3. The SMILES string of the molecule is CO[C@H]1/C=C/O[C@@]2(C)Oc3c(C)c(O)c4c(O)c(c(/C=N\N5CCN(Cc6ccccc6)CC5)c(O)c4c3C2=O)NC(=O)/C(C)=C\C=C\[C@H](C)[C@H](O)[C@@H](C)[C@@H](O)[C@@H](C)[C@H](OC(C)=O)[C@@H]1C. The van der Waals surface area contributed by atoms with Gasteiger partial charge in [-0.25, -0.2) is 0 Å². The van der Waals surface area contributed by atoms with E-state index in [0.29, 0.717) is 26.2 Å². The van der Waals surface area contributed by atoms with Gasteiger partial charge in [-0.15, -0.1) is 0 Å². The molecule has 1 fully saturated rings. The van der Waals surface area contributed by atoms with Gasteiger partial charge in [-0.3, -0.25) is 24.3 Å². The van der Waals surface area contributed by atoms with Crippen molar-refractivity contribution in [1.82, 2.24) is 9.91 Å². The Morgan fingerprint density at radius 3 is 2.25 bits per heavy atom. The summed E-state index contributed by atoms with van der Waals surface area (Å²) in [6.45, 7) is 15.8. The van der Waals surface area contributed by atoms with E-state index in [1.807, 2.05) is 18.2 Å². The zero-order valence-electron chi connectivity index (χ0n) is 38.4. The fraction of sp³-hybridized carbons (Fsp3) is 0.469. The number of allylic oxidation sites excluding steroid dienone is 2. The predicted molar refractivity (Wildman–Crippen MR) is 245 cm³/mol. The van der Waals surface area contributed by atoms with Gasteiger partial charge in [0.1, 0.15) is 23.4 Å². The fourth-order valence-electron chi connectivity index (χ4n) is 8.86. The van der Waals surface area contributed by atoms with E-state index < -0.39 is 88.8 Å². The highest BCUT2D eigenvalue weighted by molar-refractivity contribution is 6.23. The van der Waals surface area contributed by atoms with Crippen LogP contribution in [0.25, 0.3) is 10.8 Å². The number of amides is 1. The monoisotopic (exact) mass is 898 g/mol. The van der Waals surface area contributed by atoms with Crippen LogP contribution in [-0.2, 0) is 30.3 Å². The predicted octanol–water partition coefficient (Wildman–Crippen LogP) is 5.91. The molecule has 16 nitrogen and oxygen atoms in total. The number of fused-ring (bicyclic) bond motifs is 14. The topological polar surface area (TPSA) is 220 Å². The van der Waals surface area contributed by atoms with Gasteiger partial charge in [0.15, 0.2) is 5.75 Å². The summed E-state index contributed by atoms with van der Waals surface area (Å²) >= 11 is 0. The van der Waals surface area contributed by atoms with Crippen LogP contribution in [0.2, 0.25) is 0 Å². The van der Waals surface area contributed by atoms with E-state index in [0.717, 1.165) is 6.54 Å². The number of aromatic hydroxyl groups is 3. The molecule has 1 saturated heterocycles. The van der Waals surface area contributed by atoms with Crippen LogP contribution in [-0.4, -0.2) is 123 Å². The zero-order chi connectivity index (χ0) is 47.5. The number of esters is 1. The van der Waals surface area contributed by atoms with Crippen LogP contribution in [0.3, 0.4) is 0 Å². The lowest BCUT2D eigenvalue weighted by Gasteiger charge is -2.38. The number of hydrogen-bond acceptors (Lipinski definition) is 15. The molecule has 7 rings (SSSR count). The largest absolute Gasteiger partial charge is 0.507 e. The summed E-state index contributed by atoms with van der Waals surface area (Å²) in [6.07, 6.45) is 4.87. The van der Waals surface area contributed by atoms with Crippen molar-refractivity contribution in [3.63, 3.8) is 0 Å². The molecule has 16 heteroatoms. The van der Waals surface area contributed by atoms with Crippen molar-refractivity contribution in [1.29, 1.82) is 0 Å². The van der Waals surface area contributed by atoms with E-state index in [4.69, 9.17) is 18.9 Å². The molecule has 0 aliphatic carbocycles. The molecule has 0 spiro atoms. The third kappa shape index (κ3) is 10.0. The maximum absolute atomic E-state index is 14.6. The minimum atomic E-state index is -2.06. The van der Waals surface area contributed by atoms with Gasteiger partial charge < -0.3 is 49.8 Å².